The van der Waals surface area contributed by atoms with E-state index in [-0.39, 0.29) is 17.7 Å². The number of amides is 2. The Kier molecular flexibility index (Phi) is 4.79. The van der Waals surface area contributed by atoms with E-state index in [1.54, 1.807) is 0 Å². The average molecular weight is 321 g/mol. The van der Waals surface area contributed by atoms with E-state index >= 15 is 0 Å². The molecule has 0 aromatic heterocycles. The average Bonchev–Trinajstić information content (AvgIpc) is 2.79. The first-order valence-corrected chi connectivity index (χ1v) is 8.48. The highest BCUT2D eigenvalue weighted by Gasteiger charge is 2.37. The van der Waals surface area contributed by atoms with Crippen molar-refractivity contribution in [1.82, 2.24) is 4.90 Å². The molecular formula is C21H23NO2. The smallest absolute Gasteiger partial charge is 0.233 e. The van der Waals surface area contributed by atoms with Gasteiger partial charge in [0.15, 0.2) is 0 Å². The Bertz CT molecular complexity index is 731. The number of imide groups is 1. The summed E-state index contributed by atoms with van der Waals surface area (Å²) in [5.74, 6) is -0.269. The minimum Gasteiger partial charge on any atom is -0.282 e. The van der Waals surface area contributed by atoms with Crippen LogP contribution < -0.4 is 0 Å². The summed E-state index contributed by atoms with van der Waals surface area (Å²) in [5, 5.41) is 0. The predicted molar refractivity (Wildman–Crippen MR) is 94.6 cm³/mol. The van der Waals surface area contributed by atoms with Crippen LogP contribution in [0.15, 0.2) is 48.5 Å². The third-order valence-corrected chi connectivity index (χ3v) is 4.57. The number of rotatable bonds is 5. The Labute approximate surface area is 143 Å². The molecular weight excluding hydrogens is 298 g/mol. The third-order valence-electron chi connectivity index (χ3n) is 4.57. The number of carbonyl (C=O) groups excluding carboxylic acids is 2. The lowest BCUT2D eigenvalue weighted by molar-refractivity contribution is -0.139. The zero-order chi connectivity index (χ0) is 17.1. The topological polar surface area (TPSA) is 37.4 Å². The molecule has 2 amide bonds. The first-order valence-electron chi connectivity index (χ1n) is 8.48. The van der Waals surface area contributed by atoms with E-state index < -0.39 is 0 Å². The summed E-state index contributed by atoms with van der Waals surface area (Å²) >= 11 is 0. The van der Waals surface area contributed by atoms with Gasteiger partial charge in [-0.3, -0.25) is 14.5 Å². The van der Waals surface area contributed by atoms with Crippen LogP contribution in [-0.4, -0.2) is 23.3 Å². The zero-order valence-corrected chi connectivity index (χ0v) is 14.3. The van der Waals surface area contributed by atoms with E-state index in [4.69, 9.17) is 0 Å². The summed E-state index contributed by atoms with van der Waals surface area (Å²) < 4.78 is 0. The van der Waals surface area contributed by atoms with Crippen molar-refractivity contribution >= 4 is 11.8 Å². The first-order chi connectivity index (χ1) is 11.5. The molecule has 2 aromatic carbocycles. The fourth-order valence-electron chi connectivity index (χ4n) is 3.50. The van der Waals surface area contributed by atoms with Gasteiger partial charge < -0.3 is 0 Å². The molecule has 3 heteroatoms. The van der Waals surface area contributed by atoms with Crippen molar-refractivity contribution in [3.8, 4) is 0 Å². The molecule has 1 aliphatic heterocycles. The van der Waals surface area contributed by atoms with Gasteiger partial charge in [0.2, 0.25) is 11.8 Å². The number of nitrogens with zero attached hydrogens (tertiary/aromatic N) is 1. The highest BCUT2D eigenvalue weighted by molar-refractivity contribution is 6.03. The SMILES string of the molecule is Cc1cc(C)cc(C[C@@H]2CC(=O)N(CCc3ccccc3)C2=O)c1. The molecule has 0 spiro atoms. The molecule has 2 aromatic rings. The van der Waals surface area contributed by atoms with Crippen molar-refractivity contribution in [2.45, 2.75) is 33.1 Å². The lowest BCUT2D eigenvalue weighted by Gasteiger charge is -2.15. The summed E-state index contributed by atoms with van der Waals surface area (Å²) in [6, 6.07) is 16.3. The monoisotopic (exact) mass is 321 g/mol. The van der Waals surface area contributed by atoms with Crippen molar-refractivity contribution in [3.63, 3.8) is 0 Å². The molecule has 24 heavy (non-hydrogen) atoms. The Morgan fingerprint density at radius 1 is 0.958 bits per heavy atom. The summed E-state index contributed by atoms with van der Waals surface area (Å²) in [5.41, 5.74) is 4.69. The lowest BCUT2D eigenvalue weighted by atomic mass is 9.95. The van der Waals surface area contributed by atoms with Gasteiger partial charge in [-0.2, -0.15) is 0 Å². The predicted octanol–water partition coefficient (Wildman–Crippen LogP) is 3.46. The highest BCUT2D eigenvalue weighted by atomic mass is 16.2. The second-order valence-corrected chi connectivity index (χ2v) is 6.72. The molecule has 0 bridgehead atoms. The quantitative estimate of drug-likeness (QED) is 0.791. The van der Waals surface area contributed by atoms with Crippen LogP contribution in [0.5, 0.6) is 0 Å². The second kappa shape index (κ2) is 7.00. The molecule has 0 saturated carbocycles. The number of hydrogen-bond donors (Lipinski definition) is 0. The van der Waals surface area contributed by atoms with Gasteiger partial charge >= 0.3 is 0 Å². The number of aryl methyl sites for hydroxylation is 2. The molecule has 1 atom stereocenters. The van der Waals surface area contributed by atoms with Crippen LogP contribution in [0.4, 0.5) is 0 Å². The van der Waals surface area contributed by atoms with Gasteiger partial charge in [0.1, 0.15) is 0 Å². The van der Waals surface area contributed by atoms with E-state index in [2.05, 4.69) is 32.0 Å². The van der Waals surface area contributed by atoms with Crippen LogP contribution in [0.2, 0.25) is 0 Å². The summed E-state index contributed by atoms with van der Waals surface area (Å²) in [4.78, 5) is 26.3. The molecule has 0 radical (unpaired) electrons. The number of likely N-dealkylation sites (tertiary alicyclic amines) is 1. The number of carbonyl (C=O) groups is 2. The first kappa shape index (κ1) is 16.4. The number of hydrogen-bond acceptors (Lipinski definition) is 2. The van der Waals surface area contributed by atoms with E-state index in [9.17, 15) is 9.59 Å². The summed E-state index contributed by atoms with van der Waals surface area (Å²) in [6.45, 7) is 4.60. The van der Waals surface area contributed by atoms with Crippen molar-refractivity contribution in [2.75, 3.05) is 6.54 Å². The Morgan fingerprint density at radius 3 is 2.29 bits per heavy atom. The van der Waals surface area contributed by atoms with Gasteiger partial charge in [0, 0.05) is 13.0 Å². The van der Waals surface area contributed by atoms with Gasteiger partial charge in [-0.15, -0.1) is 0 Å². The Balaban J connectivity index is 1.65. The van der Waals surface area contributed by atoms with Crippen LogP contribution in [0.3, 0.4) is 0 Å². The molecule has 1 saturated heterocycles. The fourth-order valence-corrected chi connectivity index (χ4v) is 3.50. The van der Waals surface area contributed by atoms with Crippen molar-refractivity contribution in [3.05, 3.63) is 70.8 Å². The molecule has 1 heterocycles. The minimum absolute atomic E-state index is 0.0184. The zero-order valence-electron chi connectivity index (χ0n) is 14.3. The lowest BCUT2D eigenvalue weighted by Crippen LogP contribution is -2.33. The molecule has 3 nitrogen and oxygen atoms in total. The largest absolute Gasteiger partial charge is 0.282 e. The normalized spacial score (nSPS) is 17.6. The van der Waals surface area contributed by atoms with Crippen LogP contribution in [0, 0.1) is 19.8 Å². The maximum Gasteiger partial charge on any atom is 0.233 e. The third kappa shape index (κ3) is 3.73. The van der Waals surface area contributed by atoms with Crippen LogP contribution in [0.25, 0.3) is 0 Å². The van der Waals surface area contributed by atoms with E-state index in [1.165, 1.54) is 16.0 Å². The molecule has 3 rings (SSSR count). The summed E-state index contributed by atoms with van der Waals surface area (Å²) in [6.07, 6.45) is 1.70. The van der Waals surface area contributed by atoms with Crippen LogP contribution in [-0.2, 0) is 22.4 Å². The number of benzene rings is 2. The Hall–Kier alpha value is -2.42. The van der Waals surface area contributed by atoms with Crippen molar-refractivity contribution in [1.29, 1.82) is 0 Å². The Morgan fingerprint density at radius 2 is 1.62 bits per heavy atom. The van der Waals surface area contributed by atoms with Crippen LogP contribution in [0.1, 0.15) is 28.7 Å². The maximum absolute atomic E-state index is 12.6. The molecule has 0 unspecified atom stereocenters. The van der Waals surface area contributed by atoms with Gasteiger partial charge in [-0.05, 0) is 37.8 Å². The molecule has 0 N–H and O–H groups in total. The van der Waals surface area contributed by atoms with Gasteiger partial charge in [-0.1, -0.05) is 59.7 Å². The van der Waals surface area contributed by atoms with E-state index in [1.807, 2.05) is 30.3 Å². The maximum atomic E-state index is 12.6. The molecule has 124 valence electrons. The van der Waals surface area contributed by atoms with Gasteiger partial charge in [0.05, 0.1) is 5.92 Å². The molecule has 1 aliphatic rings. The van der Waals surface area contributed by atoms with Gasteiger partial charge in [-0.25, -0.2) is 0 Å². The second-order valence-electron chi connectivity index (χ2n) is 6.72. The van der Waals surface area contributed by atoms with Gasteiger partial charge in [0.25, 0.3) is 0 Å². The minimum atomic E-state index is -0.213. The van der Waals surface area contributed by atoms with E-state index in [0.29, 0.717) is 25.8 Å². The van der Waals surface area contributed by atoms with E-state index in [0.717, 1.165) is 11.1 Å². The van der Waals surface area contributed by atoms with Crippen molar-refractivity contribution < 1.29 is 9.59 Å². The summed E-state index contributed by atoms with van der Waals surface area (Å²) in [7, 11) is 0. The van der Waals surface area contributed by atoms with Crippen LogP contribution >= 0.6 is 0 Å². The highest BCUT2D eigenvalue weighted by Crippen LogP contribution is 2.25. The fraction of sp³-hybridized carbons (Fsp3) is 0.333. The standard InChI is InChI=1S/C21H23NO2/c1-15-10-16(2)12-18(11-15)13-19-14-20(23)22(21(19)24)9-8-17-6-4-3-5-7-17/h3-7,10-12,19H,8-9,13-14H2,1-2H3/t19-/m1/s1. The van der Waals surface area contributed by atoms with Crippen molar-refractivity contribution in [2.24, 2.45) is 5.92 Å². The molecule has 1 fully saturated rings. The molecule has 0 aliphatic carbocycles.